The van der Waals surface area contributed by atoms with Crippen LogP contribution in [0.4, 0.5) is 0 Å². The van der Waals surface area contributed by atoms with Crippen molar-refractivity contribution >= 4 is 0 Å². The second kappa shape index (κ2) is 3.72. The molecule has 0 aromatic carbocycles. The van der Waals surface area contributed by atoms with E-state index in [1.54, 1.807) is 0 Å². The zero-order chi connectivity index (χ0) is 10.1. The topological polar surface area (TPSA) is 3.24 Å². The number of terminal acetylenes is 1. The van der Waals surface area contributed by atoms with E-state index < -0.39 is 0 Å². The summed E-state index contributed by atoms with van der Waals surface area (Å²) < 4.78 is 0. The number of nitrogens with zero attached hydrogens (tertiary/aromatic N) is 1. The fraction of sp³-hybridized carbons (Fsp3) is 0.833. The largest absolute Gasteiger partial charge is 0.285 e. The van der Waals surface area contributed by atoms with Crippen LogP contribution in [0.5, 0.6) is 0 Å². The number of rotatable bonds is 4. The summed E-state index contributed by atoms with van der Waals surface area (Å²) in [4.78, 5) is 2.44. The molecule has 0 unspecified atom stereocenters. The Morgan fingerprint density at radius 2 is 2.00 bits per heavy atom. The molecule has 0 heterocycles. The zero-order valence-electron chi connectivity index (χ0n) is 9.30. The molecule has 1 nitrogen and oxygen atoms in total. The third-order valence-corrected chi connectivity index (χ3v) is 2.85. The molecule has 0 amide bonds. The van der Waals surface area contributed by atoms with Crippen molar-refractivity contribution in [2.45, 2.75) is 52.1 Å². The molecule has 0 radical (unpaired) electrons. The third-order valence-electron chi connectivity index (χ3n) is 2.85. The summed E-state index contributed by atoms with van der Waals surface area (Å²) in [5.41, 5.74) is -0.0866. The van der Waals surface area contributed by atoms with E-state index in [0.717, 1.165) is 5.92 Å². The van der Waals surface area contributed by atoms with Crippen molar-refractivity contribution in [3.63, 3.8) is 0 Å². The molecule has 1 aliphatic rings. The molecule has 1 heteroatoms. The highest BCUT2D eigenvalue weighted by Crippen LogP contribution is 2.32. The quantitative estimate of drug-likeness (QED) is 0.599. The molecule has 1 rings (SSSR count). The van der Waals surface area contributed by atoms with E-state index in [1.165, 1.54) is 19.4 Å². The van der Waals surface area contributed by atoms with Crippen molar-refractivity contribution in [2.75, 3.05) is 6.54 Å². The lowest BCUT2D eigenvalue weighted by Crippen LogP contribution is -2.48. The Balaban J connectivity index is 2.60. The maximum atomic E-state index is 5.55. The fourth-order valence-electron chi connectivity index (χ4n) is 1.75. The molecule has 0 spiro atoms. The SMILES string of the molecule is C#CC(C)(C)N(CC1CC1)C(C)C. The molecular weight excluding hydrogens is 158 g/mol. The highest BCUT2D eigenvalue weighted by molar-refractivity contribution is 5.09. The summed E-state index contributed by atoms with van der Waals surface area (Å²) in [6.07, 6.45) is 8.33. The fourth-order valence-corrected chi connectivity index (χ4v) is 1.75. The van der Waals surface area contributed by atoms with E-state index >= 15 is 0 Å². The molecule has 0 saturated heterocycles. The van der Waals surface area contributed by atoms with Crippen LogP contribution in [-0.2, 0) is 0 Å². The van der Waals surface area contributed by atoms with Crippen LogP contribution in [0.2, 0.25) is 0 Å². The molecule has 0 aromatic rings. The van der Waals surface area contributed by atoms with Crippen LogP contribution in [0.3, 0.4) is 0 Å². The molecule has 74 valence electrons. The summed E-state index contributed by atoms with van der Waals surface area (Å²) in [6, 6.07) is 0.548. The number of hydrogen-bond acceptors (Lipinski definition) is 1. The van der Waals surface area contributed by atoms with Gasteiger partial charge in [-0.25, -0.2) is 0 Å². The first-order chi connectivity index (χ1) is 5.97. The Bertz CT molecular complexity index is 206. The predicted molar refractivity (Wildman–Crippen MR) is 57.5 cm³/mol. The van der Waals surface area contributed by atoms with Crippen LogP contribution in [0.1, 0.15) is 40.5 Å². The Morgan fingerprint density at radius 1 is 1.46 bits per heavy atom. The van der Waals surface area contributed by atoms with Crippen LogP contribution < -0.4 is 0 Å². The van der Waals surface area contributed by atoms with Gasteiger partial charge in [0.2, 0.25) is 0 Å². The lowest BCUT2D eigenvalue weighted by molar-refractivity contribution is 0.122. The van der Waals surface area contributed by atoms with Crippen molar-refractivity contribution in [1.29, 1.82) is 0 Å². The number of hydrogen-bond donors (Lipinski definition) is 0. The Labute approximate surface area is 82.5 Å². The Kier molecular flexibility index (Phi) is 3.03. The van der Waals surface area contributed by atoms with Crippen LogP contribution in [0, 0.1) is 18.3 Å². The van der Waals surface area contributed by atoms with Crippen molar-refractivity contribution < 1.29 is 0 Å². The predicted octanol–water partition coefficient (Wildman–Crippen LogP) is 2.52. The molecule has 0 N–H and O–H groups in total. The van der Waals surface area contributed by atoms with Crippen LogP contribution in [-0.4, -0.2) is 23.0 Å². The first kappa shape index (κ1) is 10.6. The van der Waals surface area contributed by atoms with Crippen molar-refractivity contribution in [1.82, 2.24) is 4.90 Å². The molecule has 1 aliphatic carbocycles. The molecule has 1 fully saturated rings. The van der Waals surface area contributed by atoms with E-state index in [-0.39, 0.29) is 5.54 Å². The molecule has 0 atom stereocenters. The first-order valence-corrected chi connectivity index (χ1v) is 5.22. The summed E-state index contributed by atoms with van der Waals surface area (Å²) in [5, 5.41) is 0. The van der Waals surface area contributed by atoms with Gasteiger partial charge in [0.15, 0.2) is 0 Å². The van der Waals surface area contributed by atoms with Crippen LogP contribution in [0.25, 0.3) is 0 Å². The molecular formula is C12H21N. The molecule has 0 aliphatic heterocycles. The van der Waals surface area contributed by atoms with E-state index in [9.17, 15) is 0 Å². The highest BCUT2D eigenvalue weighted by atomic mass is 15.2. The van der Waals surface area contributed by atoms with Gasteiger partial charge in [-0.3, -0.25) is 4.90 Å². The van der Waals surface area contributed by atoms with Crippen molar-refractivity contribution in [3.8, 4) is 12.3 Å². The van der Waals surface area contributed by atoms with Gasteiger partial charge in [0.05, 0.1) is 5.54 Å². The van der Waals surface area contributed by atoms with Crippen molar-refractivity contribution in [2.24, 2.45) is 5.92 Å². The van der Waals surface area contributed by atoms with Gasteiger partial charge in [-0.1, -0.05) is 5.92 Å². The van der Waals surface area contributed by atoms with Gasteiger partial charge in [0.1, 0.15) is 0 Å². The smallest absolute Gasteiger partial charge is 0.0768 e. The van der Waals surface area contributed by atoms with Gasteiger partial charge >= 0.3 is 0 Å². The normalized spacial score (nSPS) is 17.9. The standard InChI is InChI=1S/C12H21N/c1-6-12(4,5)13(10(2)3)9-11-7-8-11/h1,10-11H,7-9H2,2-5H3. The van der Waals surface area contributed by atoms with Gasteiger partial charge in [0, 0.05) is 12.6 Å². The third kappa shape index (κ3) is 2.74. The highest BCUT2D eigenvalue weighted by Gasteiger charge is 2.32. The summed E-state index contributed by atoms with van der Waals surface area (Å²) in [6.45, 7) is 9.89. The maximum absolute atomic E-state index is 5.55. The van der Waals surface area contributed by atoms with E-state index in [4.69, 9.17) is 6.42 Å². The second-order valence-electron chi connectivity index (χ2n) is 4.89. The van der Waals surface area contributed by atoms with E-state index in [0.29, 0.717) is 6.04 Å². The summed E-state index contributed by atoms with van der Waals surface area (Å²) in [5.74, 6) is 3.79. The van der Waals surface area contributed by atoms with Gasteiger partial charge in [-0.05, 0) is 46.5 Å². The van der Waals surface area contributed by atoms with Gasteiger partial charge in [0.25, 0.3) is 0 Å². The molecule has 0 bridgehead atoms. The summed E-state index contributed by atoms with van der Waals surface area (Å²) in [7, 11) is 0. The van der Waals surface area contributed by atoms with Crippen LogP contribution in [0.15, 0.2) is 0 Å². The Hall–Kier alpha value is -0.480. The molecule has 0 aromatic heterocycles. The minimum atomic E-state index is -0.0866. The monoisotopic (exact) mass is 179 g/mol. The minimum absolute atomic E-state index is 0.0866. The van der Waals surface area contributed by atoms with Gasteiger partial charge in [-0.2, -0.15) is 0 Å². The van der Waals surface area contributed by atoms with Gasteiger partial charge in [-0.15, -0.1) is 6.42 Å². The lowest BCUT2D eigenvalue weighted by Gasteiger charge is -2.38. The zero-order valence-corrected chi connectivity index (χ0v) is 9.30. The average Bonchev–Trinajstić information content (AvgIpc) is 2.82. The first-order valence-electron chi connectivity index (χ1n) is 5.22. The lowest BCUT2D eigenvalue weighted by atomic mass is 10.0. The van der Waals surface area contributed by atoms with E-state index in [2.05, 4.69) is 38.5 Å². The van der Waals surface area contributed by atoms with Gasteiger partial charge < -0.3 is 0 Å². The summed E-state index contributed by atoms with van der Waals surface area (Å²) >= 11 is 0. The Morgan fingerprint density at radius 3 is 2.31 bits per heavy atom. The van der Waals surface area contributed by atoms with Crippen LogP contribution >= 0.6 is 0 Å². The molecule has 1 saturated carbocycles. The van der Waals surface area contributed by atoms with Crippen molar-refractivity contribution in [3.05, 3.63) is 0 Å². The molecule has 13 heavy (non-hydrogen) atoms. The maximum Gasteiger partial charge on any atom is 0.0768 e. The minimum Gasteiger partial charge on any atom is -0.285 e. The van der Waals surface area contributed by atoms with E-state index in [1.807, 2.05) is 0 Å². The average molecular weight is 179 g/mol. The second-order valence-corrected chi connectivity index (χ2v) is 4.89.